The first-order valence-electron chi connectivity index (χ1n) is 10.3. The van der Waals surface area contributed by atoms with Gasteiger partial charge >= 0.3 is 5.97 Å². The Hall–Kier alpha value is -0.530. The SMILES string of the molecule is CC(=O)O[C@@H]1CC[C@]2(C)[C@H](CC[C@@]34C[C@H]5[C@@H](C[C@H]32)[C@@]5(C)C4)C1(C)C. The number of esters is 1. The minimum atomic E-state index is -0.0998. The van der Waals surface area contributed by atoms with Crippen molar-refractivity contribution < 1.29 is 9.53 Å². The number of fused-ring (bicyclic) bond motifs is 1. The first kappa shape index (κ1) is 15.7. The third-order valence-corrected chi connectivity index (χ3v) is 10.2. The van der Waals surface area contributed by atoms with Crippen molar-refractivity contribution in [3.63, 3.8) is 0 Å². The van der Waals surface area contributed by atoms with E-state index in [4.69, 9.17) is 4.74 Å². The molecular formula is C22H34O2. The van der Waals surface area contributed by atoms with Crippen LogP contribution in [0.1, 0.15) is 79.6 Å². The summed E-state index contributed by atoms with van der Waals surface area (Å²) in [7, 11) is 0. The Balaban J connectivity index is 1.48. The summed E-state index contributed by atoms with van der Waals surface area (Å²) in [5.41, 5.74) is 1.98. The molecule has 0 aliphatic heterocycles. The van der Waals surface area contributed by atoms with E-state index in [1.165, 1.54) is 38.5 Å². The highest BCUT2D eigenvalue weighted by Crippen LogP contribution is 2.85. The molecule has 1 spiro atoms. The van der Waals surface area contributed by atoms with Crippen molar-refractivity contribution >= 4 is 5.97 Å². The Morgan fingerprint density at radius 1 is 0.958 bits per heavy atom. The molecule has 24 heavy (non-hydrogen) atoms. The lowest BCUT2D eigenvalue weighted by molar-refractivity contribution is -0.203. The van der Waals surface area contributed by atoms with Crippen LogP contribution in [0.15, 0.2) is 0 Å². The fourth-order valence-electron chi connectivity index (χ4n) is 9.23. The molecule has 0 aromatic heterocycles. The molecule has 4 bridgehead atoms. The van der Waals surface area contributed by atoms with Gasteiger partial charge in [-0.1, -0.05) is 27.7 Å². The van der Waals surface area contributed by atoms with Gasteiger partial charge in [-0.2, -0.15) is 0 Å². The molecule has 6 aliphatic carbocycles. The number of carbonyl (C=O) groups is 1. The number of rotatable bonds is 1. The average Bonchev–Trinajstić information content (AvgIpc) is 2.93. The maximum absolute atomic E-state index is 11.6. The van der Waals surface area contributed by atoms with E-state index in [0.29, 0.717) is 16.7 Å². The van der Waals surface area contributed by atoms with E-state index >= 15 is 0 Å². The summed E-state index contributed by atoms with van der Waals surface area (Å²) in [5.74, 6) is 3.64. The van der Waals surface area contributed by atoms with Crippen LogP contribution in [-0.2, 0) is 9.53 Å². The lowest BCUT2D eigenvalue weighted by atomic mass is 9.39. The molecule has 0 aromatic carbocycles. The number of hydrogen-bond donors (Lipinski definition) is 0. The summed E-state index contributed by atoms with van der Waals surface area (Å²) < 4.78 is 5.78. The van der Waals surface area contributed by atoms with Crippen LogP contribution in [0.2, 0.25) is 0 Å². The van der Waals surface area contributed by atoms with Crippen molar-refractivity contribution in [1.29, 1.82) is 0 Å². The third kappa shape index (κ3) is 1.62. The Kier molecular flexibility index (Phi) is 2.77. The highest BCUT2D eigenvalue weighted by atomic mass is 16.5. The molecule has 0 unspecified atom stereocenters. The third-order valence-electron chi connectivity index (χ3n) is 10.2. The molecular weight excluding hydrogens is 296 g/mol. The van der Waals surface area contributed by atoms with Crippen molar-refractivity contribution in [3.05, 3.63) is 0 Å². The standard InChI is InChI=1S/C22H34O2/c1-13(23)24-18-7-8-20(4)16(19(18,2)3)6-9-22-11-15-14(10-17(20)22)21(15,5)12-22/h14-18H,6-12H2,1-5H3/t14-,15+,16-,17+,18-,20-,21-,22+/m1/s1. The summed E-state index contributed by atoms with van der Waals surface area (Å²) in [5, 5.41) is 0. The lowest BCUT2D eigenvalue weighted by Crippen LogP contribution is -2.60. The van der Waals surface area contributed by atoms with Crippen LogP contribution in [0.3, 0.4) is 0 Å². The Morgan fingerprint density at radius 3 is 2.33 bits per heavy atom. The lowest BCUT2D eigenvalue weighted by Gasteiger charge is -2.66. The van der Waals surface area contributed by atoms with Crippen molar-refractivity contribution in [1.82, 2.24) is 0 Å². The zero-order valence-corrected chi connectivity index (χ0v) is 16.2. The Labute approximate surface area is 147 Å². The number of ether oxygens (including phenoxy) is 1. The number of hydrogen-bond acceptors (Lipinski definition) is 2. The second-order valence-electron chi connectivity index (χ2n) is 11.3. The first-order valence-corrected chi connectivity index (χ1v) is 10.3. The first-order chi connectivity index (χ1) is 11.1. The topological polar surface area (TPSA) is 26.3 Å². The van der Waals surface area contributed by atoms with E-state index in [0.717, 1.165) is 29.6 Å². The van der Waals surface area contributed by atoms with E-state index in [2.05, 4.69) is 27.7 Å². The fourth-order valence-corrected chi connectivity index (χ4v) is 9.23. The van der Waals surface area contributed by atoms with Crippen LogP contribution in [0.25, 0.3) is 0 Å². The predicted octanol–water partition coefficient (Wildman–Crippen LogP) is 5.21. The largest absolute Gasteiger partial charge is 0.462 e. The van der Waals surface area contributed by atoms with Crippen LogP contribution in [0.5, 0.6) is 0 Å². The van der Waals surface area contributed by atoms with Crippen molar-refractivity contribution in [3.8, 4) is 0 Å². The van der Waals surface area contributed by atoms with Crippen LogP contribution >= 0.6 is 0 Å². The van der Waals surface area contributed by atoms with Gasteiger partial charge in [-0.05, 0) is 84.9 Å². The van der Waals surface area contributed by atoms with Crippen molar-refractivity contribution in [2.45, 2.75) is 85.7 Å². The van der Waals surface area contributed by atoms with Crippen LogP contribution in [-0.4, -0.2) is 12.1 Å². The van der Waals surface area contributed by atoms with E-state index in [1.54, 1.807) is 6.92 Å². The van der Waals surface area contributed by atoms with Crippen molar-refractivity contribution in [2.24, 2.45) is 45.3 Å². The highest BCUT2D eigenvalue weighted by Gasteiger charge is 2.78. The summed E-state index contributed by atoms with van der Waals surface area (Å²) in [6, 6.07) is 0. The van der Waals surface area contributed by atoms with E-state index in [1.807, 2.05) is 0 Å². The molecule has 0 heterocycles. The molecule has 8 atom stereocenters. The molecule has 6 rings (SSSR count). The van der Waals surface area contributed by atoms with Gasteiger partial charge in [-0.3, -0.25) is 4.79 Å². The molecule has 2 heteroatoms. The monoisotopic (exact) mass is 330 g/mol. The highest BCUT2D eigenvalue weighted by molar-refractivity contribution is 5.66. The molecule has 6 fully saturated rings. The van der Waals surface area contributed by atoms with Crippen LogP contribution < -0.4 is 0 Å². The molecule has 0 radical (unpaired) electrons. The molecule has 6 aliphatic rings. The van der Waals surface area contributed by atoms with Gasteiger partial charge in [0.05, 0.1) is 0 Å². The van der Waals surface area contributed by atoms with E-state index in [-0.39, 0.29) is 17.5 Å². The maximum Gasteiger partial charge on any atom is 0.302 e. The van der Waals surface area contributed by atoms with Gasteiger partial charge in [-0.25, -0.2) is 0 Å². The molecule has 6 saturated carbocycles. The molecule has 2 nitrogen and oxygen atoms in total. The molecule has 0 N–H and O–H groups in total. The Bertz CT molecular complexity index is 609. The fraction of sp³-hybridized carbons (Fsp3) is 0.955. The summed E-state index contributed by atoms with van der Waals surface area (Å²) in [4.78, 5) is 11.6. The van der Waals surface area contributed by atoms with Crippen LogP contribution in [0, 0.1) is 45.3 Å². The zero-order chi connectivity index (χ0) is 17.1. The van der Waals surface area contributed by atoms with Gasteiger partial charge in [0.2, 0.25) is 0 Å². The molecule has 0 amide bonds. The van der Waals surface area contributed by atoms with Crippen LogP contribution in [0.4, 0.5) is 0 Å². The van der Waals surface area contributed by atoms with Gasteiger partial charge in [0.1, 0.15) is 6.10 Å². The summed E-state index contributed by atoms with van der Waals surface area (Å²) in [6.07, 6.45) is 9.80. The summed E-state index contributed by atoms with van der Waals surface area (Å²) in [6.45, 7) is 11.5. The minimum absolute atomic E-state index is 0.0998. The second kappa shape index (κ2) is 4.23. The van der Waals surface area contributed by atoms with Crippen molar-refractivity contribution in [2.75, 3.05) is 0 Å². The quantitative estimate of drug-likeness (QED) is 0.617. The zero-order valence-electron chi connectivity index (χ0n) is 16.2. The normalized spacial score (nSPS) is 59.3. The van der Waals surface area contributed by atoms with Gasteiger partial charge in [0.25, 0.3) is 0 Å². The Morgan fingerprint density at radius 2 is 1.71 bits per heavy atom. The second-order valence-corrected chi connectivity index (χ2v) is 11.3. The summed E-state index contributed by atoms with van der Waals surface area (Å²) >= 11 is 0. The van der Waals surface area contributed by atoms with Gasteiger partial charge in [0.15, 0.2) is 0 Å². The maximum atomic E-state index is 11.6. The number of carbonyl (C=O) groups excluding carboxylic acids is 1. The van der Waals surface area contributed by atoms with Gasteiger partial charge in [0, 0.05) is 12.3 Å². The van der Waals surface area contributed by atoms with E-state index in [9.17, 15) is 4.79 Å². The minimum Gasteiger partial charge on any atom is -0.462 e. The molecule has 0 saturated heterocycles. The van der Waals surface area contributed by atoms with Gasteiger partial charge < -0.3 is 4.74 Å². The predicted molar refractivity (Wildman–Crippen MR) is 94.3 cm³/mol. The smallest absolute Gasteiger partial charge is 0.302 e. The van der Waals surface area contributed by atoms with E-state index < -0.39 is 0 Å². The molecule has 134 valence electrons. The average molecular weight is 331 g/mol. The van der Waals surface area contributed by atoms with Gasteiger partial charge in [-0.15, -0.1) is 0 Å². The molecule has 0 aromatic rings.